The van der Waals surface area contributed by atoms with Gasteiger partial charge >= 0.3 is 0 Å². The van der Waals surface area contributed by atoms with E-state index < -0.39 is 0 Å². The third kappa shape index (κ3) is 3.01. The SMILES string of the molecule is Cc1c(Cl)ncnc1NC(C)c1ccc(C#N)cc1. The lowest BCUT2D eigenvalue weighted by atomic mass is 10.1. The Bertz CT molecular complexity index is 616. The molecule has 1 aromatic heterocycles. The number of halogens is 1. The van der Waals surface area contributed by atoms with Gasteiger partial charge in [0.05, 0.1) is 11.6 Å². The summed E-state index contributed by atoms with van der Waals surface area (Å²) < 4.78 is 0. The first kappa shape index (κ1) is 13.3. The van der Waals surface area contributed by atoms with Crippen LogP contribution >= 0.6 is 11.6 Å². The Morgan fingerprint density at radius 2 is 1.95 bits per heavy atom. The summed E-state index contributed by atoms with van der Waals surface area (Å²) >= 11 is 5.96. The van der Waals surface area contributed by atoms with E-state index in [-0.39, 0.29) is 6.04 Å². The summed E-state index contributed by atoms with van der Waals surface area (Å²) in [6.07, 6.45) is 1.43. The van der Waals surface area contributed by atoms with Crippen molar-refractivity contribution in [1.29, 1.82) is 5.26 Å². The predicted molar refractivity (Wildman–Crippen MR) is 75.0 cm³/mol. The number of hydrogen-bond donors (Lipinski definition) is 1. The number of rotatable bonds is 3. The van der Waals surface area contributed by atoms with Crippen LogP contribution in [0.2, 0.25) is 5.15 Å². The van der Waals surface area contributed by atoms with Gasteiger partial charge in [0.2, 0.25) is 0 Å². The summed E-state index contributed by atoms with van der Waals surface area (Å²) in [7, 11) is 0. The molecule has 0 aliphatic carbocycles. The van der Waals surface area contributed by atoms with Crippen molar-refractivity contribution in [2.45, 2.75) is 19.9 Å². The van der Waals surface area contributed by atoms with Gasteiger partial charge in [-0.2, -0.15) is 5.26 Å². The zero-order chi connectivity index (χ0) is 13.8. The largest absolute Gasteiger partial charge is 0.363 e. The van der Waals surface area contributed by atoms with Gasteiger partial charge in [-0.1, -0.05) is 23.7 Å². The van der Waals surface area contributed by atoms with Crippen LogP contribution in [0.15, 0.2) is 30.6 Å². The lowest BCUT2D eigenvalue weighted by Crippen LogP contribution is -2.09. The van der Waals surface area contributed by atoms with Crippen LogP contribution in [0.3, 0.4) is 0 Å². The molecular weight excluding hydrogens is 260 g/mol. The first-order chi connectivity index (χ1) is 9.11. The van der Waals surface area contributed by atoms with Gasteiger partial charge in [0.25, 0.3) is 0 Å². The average Bonchev–Trinajstić information content (AvgIpc) is 2.44. The molecule has 0 spiro atoms. The third-order valence-electron chi connectivity index (χ3n) is 2.92. The van der Waals surface area contributed by atoms with Gasteiger partial charge < -0.3 is 5.32 Å². The van der Waals surface area contributed by atoms with E-state index in [0.717, 1.165) is 16.9 Å². The molecule has 96 valence electrons. The highest BCUT2D eigenvalue weighted by Crippen LogP contribution is 2.23. The van der Waals surface area contributed by atoms with Gasteiger partial charge in [-0.05, 0) is 31.5 Å². The molecule has 1 heterocycles. The van der Waals surface area contributed by atoms with E-state index in [1.54, 1.807) is 12.1 Å². The molecule has 0 bridgehead atoms. The van der Waals surface area contributed by atoms with Crippen LogP contribution in [0.4, 0.5) is 5.82 Å². The number of nitriles is 1. The van der Waals surface area contributed by atoms with Crippen molar-refractivity contribution in [3.05, 3.63) is 52.4 Å². The first-order valence-corrected chi connectivity index (χ1v) is 6.23. The van der Waals surface area contributed by atoms with E-state index in [0.29, 0.717) is 10.7 Å². The second-order valence-corrected chi connectivity index (χ2v) is 4.60. The predicted octanol–water partition coefficient (Wildman–Crippen LogP) is 3.48. The molecule has 0 radical (unpaired) electrons. The molecule has 1 aromatic carbocycles. The zero-order valence-corrected chi connectivity index (χ0v) is 11.4. The van der Waals surface area contributed by atoms with Gasteiger partial charge in [0, 0.05) is 11.6 Å². The minimum Gasteiger partial charge on any atom is -0.363 e. The van der Waals surface area contributed by atoms with Gasteiger partial charge in [-0.15, -0.1) is 0 Å². The molecule has 0 aliphatic rings. The maximum absolute atomic E-state index is 8.77. The first-order valence-electron chi connectivity index (χ1n) is 5.85. The highest BCUT2D eigenvalue weighted by molar-refractivity contribution is 6.30. The summed E-state index contributed by atoms with van der Waals surface area (Å²) in [4.78, 5) is 8.10. The number of benzene rings is 1. The van der Waals surface area contributed by atoms with E-state index in [1.165, 1.54) is 6.33 Å². The van der Waals surface area contributed by atoms with E-state index in [2.05, 4.69) is 21.4 Å². The number of nitrogens with one attached hydrogen (secondary N) is 1. The third-order valence-corrected chi connectivity index (χ3v) is 3.30. The zero-order valence-electron chi connectivity index (χ0n) is 10.7. The van der Waals surface area contributed by atoms with E-state index in [1.807, 2.05) is 26.0 Å². The molecule has 0 amide bonds. The number of aromatic nitrogens is 2. The Labute approximate surface area is 117 Å². The van der Waals surface area contributed by atoms with E-state index in [9.17, 15) is 0 Å². The molecule has 0 saturated carbocycles. The van der Waals surface area contributed by atoms with Crippen molar-refractivity contribution in [1.82, 2.24) is 9.97 Å². The van der Waals surface area contributed by atoms with Crippen LogP contribution in [0.5, 0.6) is 0 Å². The summed E-state index contributed by atoms with van der Waals surface area (Å²) in [5.41, 5.74) is 2.55. The van der Waals surface area contributed by atoms with Gasteiger partial charge in [-0.25, -0.2) is 9.97 Å². The van der Waals surface area contributed by atoms with Gasteiger partial charge in [0.15, 0.2) is 0 Å². The normalized spacial score (nSPS) is 11.7. The molecule has 1 unspecified atom stereocenters. The van der Waals surface area contributed by atoms with Crippen LogP contribution in [0.1, 0.15) is 29.7 Å². The van der Waals surface area contributed by atoms with Crippen molar-refractivity contribution in [3.8, 4) is 6.07 Å². The summed E-state index contributed by atoms with van der Waals surface area (Å²) in [6, 6.07) is 9.62. The molecular formula is C14H13ClN4. The van der Waals surface area contributed by atoms with Gasteiger partial charge in [-0.3, -0.25) is 0 Å². The second kappa shape index (κ2) is 5.68. The molecule has 2 aromatic rings. The fourth-order valence-electron chi connectivity index (χ4n) is 1.71. The molecule has 2 rings (SSSR count). The fraction of sp³-hybridized carbons (Fsp3) is 0.214. The van der Waals surface area contributed by atoms with Crippen molar-refractivity contribution in [2.75, 3.05) is 5.32 Å². The van der Waals surface area contributed by atoms with E-state index in [4.69, 9.17) is 16.9 Å². The Morgan fingerprint density at radius 1 is 1.26 bits per heavy atom. The average molecular weight is 273 g/mol. The van der Waals surface area contributed by atoms with E-state index >= 15 is 0 Å². The smallest absolute Gasteiger partial charge is 0.137 e. The van der Waals surface area contributed by atoms with Crippen LogP contribution in [-0.2, 0) is 0 Å². The Morgan fingerprint density at radius 3 is 2.58 bits per heavy atom. The van der Waals surface area contributed by atoms with Crippen LogP contribution in [-0.4, -0.2) is 9.97 Å². The minimum absolute atomic E-state index is 0.0670. The Kier molecular flexibility index (Phi) is 3.98. The van der Waals surface area contributed by atoms with Crippen molar-refractivity contribution in [3.63, 3.8) is 0 Å². The maximum Gasteiger partial charge on any atom is 0.137 e. The highest BCUT2D eigenvalue weighted by Gasteiger charge is 2.10. The molecule has 5 heteroatoms. The number of nitrogens with zero attached hydrogens (tertiary/aromatic N) is 3. The van der Waals surface area contributed by atoms with Crippen LogP contribution in [0.25, 0.3) is 0 Å². The Hall–Kier alpha value is -2.12. The van der Waals surface area contributed by atoms with Crippen molar-refractivity contribution < 1.29 is 0 Å². The van der Waals surface area contributed by atoms with Crippen molar-refractivity contribution in [2.24, 2.45) is 0 Å². The number of anilines is 1. The van der Waals surface area contributed by atoms with Crippen molar-refractivity contribution >= 4 is 17.4 Å². The fourth-order valence-corrected chi connectivity index (χ4v) is 1.84. The monoisotopic (exact) mass is 272 g/mol. The molecule has 0 fully saturated rings. The number of hydrogen-bond acceptors (Lipinski definition) is 4. The molecule has 0 aliphatic heterocycles. The minimum atomic E-state index is 0.0670. The maximum atomic E-state index is 8.77. The topological polar surface area (TPSA) is 61.6 Å². The molecule has 1 N–H and O–H groups in total. The molecule has 1 atom stereocenters. The lowest BCUT2D eigenvalue weighted by Gasteiger charge is -2.16. The Balaban J connectivity index is 2.18. The van der Waals surface area contributed by atoms with Crippen LogP contribution < -0.4 is 5.32 Å². The molecule has 19 heavy (non-hydrogen) atoms. The summed E-state index contributed by atoms with van der Waals surface area (Å²) in [5, 5.41) is 12.5. The standard InChI is InChI=1S/C14H13ClN4/c1-9-13(15)17-8-18-14(9)19-10(2)12-5-3-11(7-16)4-6-12/h3-6,8,10H,1-2H3,(H,17,18,19). The summed E-state index contributed by atoms with van der Waals surface area (Å²) in [6.45, 7) is 3.90. The van der Waals surface area contributed by atoms with Crippen LogP contribution in [0, 0.1) is 18.3 Å². The molecule has 0 saturated heterocycles. The highest BCUT2D eigenvalue weighted by atomic mass is 35.5. The quantitative estimate of drug-likeness (QED) is 0.869. The molecule has 4 nitrogen and oxygen atoms in total. The lowest BCUT2D eigenvalue weighted by molar-refractivity contribution is 0.868. The summed E-state index contributed by atoms with van der Waals surface area (Å²) in [5.74, 6) is 0.719. The second-order valence-electron chi connectivity index (χ2n) is 4.24. The van der Waals surface area contributed by atoms with Gasteiger partial charge in [0.1, 0.15) is 17.3 Å².